The van der Waals surface area contributed by atoms with Gasteiger partial charge in [0.05, 0.1) is 4.92 Å². The Morgan fingerprint density at radius 3 is 2.58 bits per heavy atom. The molecule has 0 atom stereocenters. The van der Waals surface area contributed by atoms with Crippen molar-refractivity contribution in [3.8, 4) is 17.1 Å². The van der Waals surface area contributed by atoms with E-state index in [0.717, 1.165) is 11.1 Å². The Bertz CT molecular complexity index is 1080. The number of hydrogen-bond donors (Lipinski definition) is 2. The van der Waals surface area contributed by atoms with E-state index < -0.39 is 16.7 Å². The summed E-state index contributed by atoms with van der Waals surface area (Å²) >= 11 is 0. The summed E-state index contributed by atoms with van der Waals surface area (Å²) < 4.78 is 10.2. The second-order valence-corrected chi connectivity index (χ2v) is 6.44. The van der Waals surface area contributed by atoms with Gasteiger partial charge in [-0.05, 0) is 25.1 Å². The molecule has 0 unspecified atom stereocenters. The summed E-state index contributed by atoms with van der Waals surface area (Å²) in [6.07, 6.45) is 0. The van der Waals surface area contributed by atoms with Crippen molar-refractivity contribution >= 4 is 17.5 Å². The second-order valence-electron chi connectivity index (χ2n) is 6.44. The predicted octanol–water partition coefficient (Wildman–Crippen LogP) is 1.88. The molecular weight excluding hydrogens is 406 g/mol. The van der Waals surface area contributed by atoms with Crippen LogP contribution in [0.25, 0.3) is 11.4 Å². The average molecular weight is 425 g/mol. The Morgan fingerprint density at radius 2 is 1.87 bits per heavy atom. The Labute approximate surface area is 176 Å². The standard InChI is InChI=1S/C20H19N5O6/c1-13-3-2-4-14(11-13)18-23-20(31-24-18)19(27)22-10-9-21-17(26)12-30-16-7-5-15(6-8-16)25(28)29/h2-8,11H,9-10,12H2,1H3,(H,21,26)(H,22,27). The first-order valence-corrected chi connectivity index (χ1v) is 9.25. The molecule has 2 aromatic carbocycles. The second kappa shape index (κ2) is 9.96. The summed E-state index contributed by atoms with van der Waals surface area (Å²) in [5.41, 5.74) is 1.70. The molecule has 11 nitrogen and oxygen atoms in total. The van der Waals surface area contributed by atoms with Crippen LogP contribution in [-0.4, -0.2) is 46.6 Å². The minimum atomic E-state index is -0.553. The summed E-state index contributed by atoms with van der Waals surface area (Å²) in [5.74, 6) is -0.500. The third-order valence-electron chi connectivity index (χ3n) is 4.05. The summed E-state index contributed by atoms with van der Waals surface area (Å²) in [6.45, 7) is 1.97. The van der Waals surface area contributed by atoms with E-state index in [0.29, 0.717) is 11.6 Å². The van der Waals surface area contributed by atoms with E-state index in [4.69, 9.17) is 9.26 Å². The van der Waals surface area contributed by atoms with Crippen LogP contribution in [0.4, 0.5) is 5.69 Å². The highest BCUT2D eigenvalue weighted by atomic mass is 16.6. The molecule has 160 valence electrons. The minimum Gasteiger partial charge on any atom is -0.484 e. The summed E-state index contributed by atoms with van der Waals surface area (Å²) in [5, 5.41) is 19.5. The number of aryl methyl sites for hydroxylation is 1. The Kier molecular flexibility index (Phi) is 6.89. The van der Waals surface area contributed by atoms with Crippen molar-refractivity contribution in [2.75, 3.05) is 19.7 Å². The molecule has 0 saturated heterocycles. The van der Waals surface area contributed by atoms with E-state index in [1.165, 1.54) is 24.3 Å². The van der Waals surface area contributed by atoms with Gasteiger partial charge < -0.3 is 19.9 Å². The van der Waals surface area contributed by atoms with Gasteiger partial charge in [0.25, 0.3) is 11.6 Å². The van der Waals surface area contributed by atoms with Gasteiger partial charge in [-0.1, -0.05) is 28.9 Å². The number of carbonyl (C=O) groups is 2. The molecule has 2 N–H and O–H groups in total. The average Bonchev–Trinajstić information content (AvgIpc) is 3.26. The highest BCUT2D eigenvalue weighted by Gasteiger charge is 2.16. The zero-order valence-corrected chi connectivity index (χ0v) is 16.5. The molecule has 0 spiro atoms. The van der Waals surface area contributed by atoms with Gasteiger partial charge in [-0.15, -0.1) is 0 Å². The lowest BCUT2D eigenvalue weighted by molar-refractivity contribution is -0.384. The summed E-state index contributed by atoms with van der Waals surface area (Å²) in [6, 6.07) is 12.9. The van der Waals surface area contributed by atoms with Crippen molar-refractivity contribution in [3.05, 3.63) is 70.1 Å². The van der Waals surface area contributed by atoms with Crippen LogP contribution in [-0.2, 0) is 4.79 Å². The van der Waals surface area contributed by atoms with E-state index in [1.807, 2.05) is 31.2 Å². The van der Waals surface area contributed by atoms with Crippen LogP contribution >= 0.6 is 0 Å². The van der Waals surface area contributed by atoms with Crippen molar-refractivity contribution in [2.45, 2.75) is 6.92 Å². The highest BCUT2D eigenvalue weighted by Crippen LogP contribution is 2.17. The van der Waals surface area contributed by atoms with Gasteiger partial charge in [0.15, 0.2) is 6.61 Å². The fraction of sp³-hybridized carbons (Fsp3) is 0.200. The third kappa shape index (κ3) is 6.10. The summed E-state index contributed by atoms with van der Waals surface area (Å²) in [4.78, 5) is 38.0. The first-order valence-electron chi connectivity index (χ1n) is 9.25. The number of nitro benzene ring substituents is 1. The zero-order valence-electron chi connectivity index (χ0n) is 16.5. The largest absolute Gasteiger partial charge is 0.484 e. The molecule has 2 amide bonds. The number of benzene rings is 2. The van der Waals surface area contributed by atoms with Gasteiger partial charge in [-0.2, -0.15) is 4.98 Å². The minimum absolute atomic E-state index is 0.0696. The predicted molar refractivity (Wildman–Crippen MR) is 108 cm³/mol. The van der Waals surface area contributed by atoms with Crippen molar-refractivity contribution in [3.63, 3.8) is 0 Å². The topological polar surface area (TPSA) is 149 Å². The lowest BCUT2D eigenvalue weighted by atomic mass is 10.1. The first-order chi connectivity index (χ1) is 14.9. The van der Waals surface area contributed by atoms with Gasteiger partial charge in [0.2, 0.25) is 5.82 Å². The molecule has 11 heteroatoms. The van der Waals surface area contributed by atoms with Gasteiger partial charge in [-0.25, -0.2) is 0 Å². The molecule has 0 fully saturated rings. The molecule has 3 aromatic rings. The van der Waals surface area contributed by atoms with Gasteiger partial charge in [0.1, 0.15) is 5.75 Å². The molecule has 1 aromatic heterocycles. The monoisotopic (exact) mass is 425 g/mol. The molecule has 31 heavy (non-hydrogen) atoms. The maximum absolute atomic E-state index is 12.1. The fourth-order valence-electron chi connectivity index (χ4n) is 2.53. The lowest BCUT2D eigenvalue weighted by Gasteiger charge is -2.07. The van der Waals surface area contributed by atoms with Crippen LogP contribution in [0.2, 0.25) is 0 Å². The maximum Gasteiger partial charge on any atom is 0.316 e. The normalized spacial score (nSPS) is 10.4. The van der Waals surface area contributed by atoms with Crippen LogP contribution in [0, 0.1) is 17.0 Å². The lowest BCUT2D eigenvalue weighted by Crippen LogP contribution is -2.36. The number of nitro groups is 1. The highest BCUT2D eigenvalue weighted by molar-refractivity contribution is 5.89. The van der Waals surface area contributed by atoms with Gasteiger partial charge in [0, 0.05) is 30.8 Å². The molecule has 0 bridgehead atoms. The molecule has 3 rings (SSSR count). The quantitative estimate of drug-likeness (QED) is 0.300. The van der Waals surface area contributed by atoms with Crippen molar-refractivity contribution in [1.82, 2.24) is 20.8 Å². The van der Waals surface area contributed by atoms with E-state index in [9.17, 15) is 19.7 Å². The Morgan fingerprint density at radius 1 is 1.13 bits per heavy atom. The van der Waals surface area contributed by atoms with Crippen molar-refractivity contribution < 1.29 is 23.8 Å². The number of amides is 2. The van der Waals surface area contributed by atoms with E-state index in [1.54, 1.807) is 0 Å². The molecule has 0 radical (unpaired) electrons. The fourth-order valence-corrected chi connectivity index (χ4v) is 2.53. The molecule has 0 aliphatic carbocycles. The third-order valence-corrected chi connectivity index (χ3v) is 4.05. The van der Waals surface area contributed by atoms with Crippen LogP contribution in [0.1, 0.15) is 16.2 Å². The maximum atomic E-state index is 12.1. The smallest absolute Gasteiger partial charge is 0.316 e. The number of nitrogens with zero attached hydrogens (tertiary/aromatic N) is 3. The number of non-ortho nitro benzene ring substituents is 1. The number of ether oxygens (including phenoxy) is 1. The van der Waals surface area contributed by atoms with Crippen LogP contribution in [0.15, 0.2) is 53.1 Å². The van der Waals surface area contributed by atoms with E-state index in [2.05, 4.69) is 20.8 Å². The van der Waals surface area contributed by atoms with Crippen molar-refractivity contribution in [2.24, 2.45) is 0 Å². The summed E-state index contributed by atoms with van der Waals surface area (Å²) in [7, 11) is 0. The van der Waals surface area contributed by atoms with Crippen LogP contribution in [0.5, 0.6) is 5.75 Å². The molecular formula is C20H19N5O6. The van der Waals surface area contributed by atoms with Crippen molar-refractivity contribution in [1.29, 1.82) is 0 Å². The van der Waals surface area contributed by atoms with Gasteiger partial charge in [-0.3, -0.25) is 19.7 Å². The van der Waals surface area contributed by atoms with Crippen LogP contribution in [0.3, 0.4) is 0 Å². The number of nitrogens with one attached hydrogen (secondary N) is 2. The number of carbonyl (C=O) groups excluding carboxylic acids is 2. The number of aromatic nitrogens is 2. The number of hydrogen-bond acceptors (Lipinski definition) is 8. The number of rotatable bonds is 9. The SMILES string of the molecule is Cc1cccc(-c2noc(C(=O)NCCNC(=O)COc3ccc([N+](=O)[O-])cc3)n2)c1. The van der Waals surface area contributed by atoms with Crippen LogP contribution < -0.4 is 15.4 Å². The van der Waals surface area contributed by atoms with E-state index >= 15 is 0 Å². The molecule has 0 saturated carbocycles. The molecule has 0 aliphatic heterocycles. The Balaban J connectivity index is 1.38. The van der Waals surface area contributed by atoms with Gasteiger partial charge >= 0.3 is 11.8 Å². The Hall–Kier alpha value is -4.28. The molecule has 1 heterocycles. The van der Waals surface area contributed by atoms with E-state index in [-0.39, 0.29) is 31.3 Å². The zero-order chi connectivity index (χ0) is 22.2. The molecule has 0 aliphatic rings. The first kappa shape index (κ1) is 21.4.